The molecule has 1 amide bonds. The van der Waals surface area contributed by atoms with E-state index in [9.17, 15) is 4.79 Å². The van der Waals surface area contributed by atoms with Crippen LogP contribution in [0.15, 0.2) is 60.7 Å². The van der Waals surface area contributed by atoms with Gasteiger partial charge in [0.25, 0.3) is 5.91 Å². The number of carbonyl (C=O) groups is 1. The molecular weight excluding hydrogens is 462 g/mol. The molecule has 0 radical (unpaired) electrons. The number of carbonyl (C=O) groups excluding carboxylic acids is 1. The number of ether oxygens (including phenoxy) is 2. The fourth-order valence-electron chi connectivity index (χ4n) is 3.56. The summed E-state index contributed by atoms with van der Waals surface area (Å²) in [5.41, 5.74) is 4.72. The van der Waals surface area contributed by atoms with Gasteiger partial charge in [-0.3, -0.25) is 10.1 Å². The van der Waals surface area contributed by atoms with Gasteiger partial charge in [-0.25, -0.2) is 0 Å². The molecule has 0 aliphatic carbocycles. The van der Waals surface area contributed by atoms with Gasteiger partial charge >= 0.3 is 0 Å². The summed E-state index contributed by atoms with van der Waals surface area (Å²) < 4.78 is 10.4. The minimum absolute atomic E-state index is 0.159. The number of hydrogen-bond acceptors (Lipinski definition) is 6. The summed E-state index contributed by atoms with van der Waals surface area (Å²) >= 11 is 5.33. The van der Waals surface area contributed by atoms with E-state index in [1.807, 2.05) is 30.3 Å². The van der Waals surface area contributed by atoms with Crippen LogP contribution in [-0.4, -0.2) is 40.2 Å². The third-order valence-corrected chi connectivity index (χ3v) is 5.67. The zero-order valence-electron chi connectivity index (χ0n) is 19.9. The van der Waals surface area contributed by atoms with Gasteiger partial charge in [0.2, 0.25) is 0 Å². The Bertz CT molecular complexity index is 1330. The van der Waals surface area contributed by atoms with E-state index in [1.54, 1.807) is 23.0 Å². The molecule has 0 fully saturated rings. The zero-order valence-corrected chi connectivity index (χ0v) is 20.7. The summed E-state index contributed by atoms with van der Waals surface area (Å²) in [6, 6.07) is 18.7. The minimum Gasteiger partial charge on any atom is -0.497 e. The van der Waals surface area contributed by atoms with Crippen molar-refractivity contribution in [3.05, 3.63) is 71.8 Å². The van der Waals surface area contributed by atoms with Gasteiger partial charge in [-0.05, 0) is 73.1 Å². The van der Waals surface area contributed by atoms with E-state index < -0.39 is 0 Å². The molecule has 0 atom stereocenters. The maximum atomic E-state index is 12.7. The van der Waals surface area contributed by atoms with Gasteiger partial charge in [-0.15, -0.1) is 10.2 Å². The number of fused-ring (bicyclic) bond motifs is 1. The quantitative estimate of drug-likeness (QED) is 0.340. The monoisotopic (exact) mass is 489 g/mol. The molecular formula is C26H27N5O3S. The van der Waals surface area contributed by atoms with E-state index in [2.05, 4.69) is 39.9 Å². The van der Waals surface area contributed by atoms with Crippen LogP contribution < -0.4 is 20.1 Å². The number of thiocarbonyl (C=S) groups is 1. The first kappa shape index (κ1) is 24.2. The maximum Gasteiger partial charge on any atom is 0.257 e. The average molecular weight is 490 g/mol. The molecule has 0 saturated carbocycles. The van der Waals surface area contributed by atoms with E-state index in [1.165, 1.54) is 32.6 Å². The van der Waals surface area contributed by atoms with E-state index in [0.717, 1.165) is 17.6 Å². The SMILES string of the molecule is CCCCc1ccc(-n2nc3ccc(NC(=S)NC(=O)c4cc(OC)cc(OC)c4)cc3n2)cc1. The number of benzene rings is 3. The highest BCUT2D eigenvalue weighted by Gasteiger charge is 2.12. The van der Waals surface area contributed by atoms with Gasteiger partial charge in [0.1, 0.15) is 22.5 Å². The largest absolute Gasteiger partial charge is 0.497 e. The molecule has 3 aromatic carbocycles. The number of aromatic nitrogens is 3. The Labute approximate surface area is 209 Å². The van der Waals surface area contributed by atoms with Crippen LogP contribution in [-0.2, 0) is 6.42 Å². The predicted molar refractivity (Wildman–Crippen MR) is 141 cm³/mol. The Kier molecular flexibility index (Phi) is 7.57. The summed E-state index contributed by atoms with van der Waals surface area (Å²) in [6.45, 7) is 2.19. The predicted octanol–water partition coefficient (Wildman–Crippen LogP) is 4.91. The molecule has 4 aromatic rings. The number of nitrogens with one attached hydrogen (secondary N) is 2. The van der Waals surface area contributed by atoms with Crippen LogP contribution in [0.25, 0.3) is 16.7 Å². The highest BCUT2D eigenvalue weighted by Crippen LogP contribution is 2.23. The highest BCUT2D eigenvalue weighted by atomic mass is 32.1. The van der Waals surface area contributed by atoms with E-state index in [0.29, 0.717) is 28.3 Å². The van der Waals surface area contributed by atoms with Crippen molar-refractivity contribution in [2.24, 2.45) is 0 Å². The van der Waals surface area contributed by atoms with Gasteiger partial charge in [0.05, 0.1) is 19.9 Å². The normalized spacial score (nSPS) is 10.7. The van der Waals surface area contributed by atoms with Crippen molar-refractivity contribution in [2.45, 2.75) is 26.2 Å². The lowest BCUT2D eigenvalue weighted by Crippen LogP contribution is -2.34. The summed E-state index contributed by atoms with van der Waals surface area (Å²) in [5.74, 6) is 0.643. The molecule has 0 unspecified atom stereocenters. The molecule has 35 heavy (non-hydrogen) atoms. The second kappa shape index (κ2) is 11.0. The molecule has 0 spiro atoms. The van der Waals surface area contributed by atoms with Crippen molar-refractivity contribution in [3.63, 3.8) is 0 Å². The van der Waals surface area contributed by atoms with Crippen LogP contribution in [0.5, 0.6) is 11.5 Å². The zero-order chi connectivity index (χ0) is 24.8. The van der Waals surface area contributed by atoms with E-state index >= 15 is 0 Å². The molecule has 4 rings (SSSR count). The van der Waals surface area contributed by atoms with Gasteiger partial charge in [-0.1, -0.05) is 25.5 Å². The van der Waals surface area contributed by atoms with Crippen LogP contribution >= 0.6 is 12.2 Å². The molecule has 0 saturated heterocycles. The number of nitrogens with zero attached hydrogens (tertiary/aromatic N) is 3. The van der Waals surface area contributed by atoms with Crippen molar-refractivity contribution in [1.82, 2.24) is 20.3 Å². The second-order valence-electron chi connectivity index (χ2n) is 7.97. The number of anilines is 1. The number of rotatable bonds is 8. The number of amides is 1. The molecule has 0 aliphatic rings. The van der Waals surface area contributed by atoms with Crippen LogP contribution in [0.2, 0.25) is 0 Å². The average Bonchev–Trinajstić information content (AvgIpc) is 3.30. The van der Waals surface area contributed by atoms with Gasteiger partial charge < -0.3 is 14.8 Å². The topological polar surface area (TPSA) is 90.3 Å². The number of aryl methyl sites for hydroxylation is 1. The summed E-state index contributed by atoms with van der Waals surface area (Å²) in [4.78, 5) is 14.3. The van der Waals surface area contributed by atoms with E-state index in [-0.39, 0.29) is 11.0 Å². The van der Waals surface area contributed by atoms with Crippen molar-refractivity contribution in [3.8, 4) is 17.2 Å². The number of unbranched alkanes of at least 4 members (excludes halogenated alkanes) is 1. The van der Waals surface area contributed by atoms with Crippen LogP contribution in [0.3, 0.4) is 0 Å². The smallest absolute Gasteiger partial charge is 0.257 e. The molecule has 1 aromatic heterocycles. The molecule has 0 bridgehead atoms. The second-order valence-corrected chi connectivity index (χ2v) is 8.38. The maximum absolute atomic E-state index is 12.7. The third kappa shape index (κ3) is 5.93. The number of methoxy groups -OCH3 is 2. The highest BCUT2D eigenvalue weighted by molar-refractivity contribution is 7.80. The van der Waals surface area contributed by atoms with Crippen LogP contribution in [0.4, 0.5) is 5.69 Å². The Morgan fingerprint density at radius 2 is 1.63 bits per heavy atom. The molecule has 8 nitrogen and oxygen atoms in total. The van der Waals surface area contributed by atoms with Gasteiger partial charge in [0.15, 0.2) is 5.11 Å². The first-order valence-electron chi connectivity index (χ1n) is 11.3. The minimum atomic E-state index is -0.380. The van der Waals surface area contributed by atoms with E-state index in [4.69, 9.17) is 21.7 Å². The first-order chi connectivity index (χ1) is 17.0. The fraction of sp³-hybridized carbons (Fsp3) is 0.231. The molecule has 9 heteroatoms. The van der Waals surface area contributed by atoms with Crippen molar-refractivity contribution in [1.29, 1.82) is 0 Å². The van der Waals surface area contributed by atoms with Crippen molar-refractivity contribution in [2.75, 3.05) is 19.5 Å². The molecule has 2 N–H and O–H groups in total. The summed E-state index contributed by atoms with van der Waals surface area (Å²) in [7, 11) is 3.05. The van der Waals surface area contributed by atoms with Crippen molar-refractivity contribution < 1.29 is 14.3 Å². The van der Waals surface area contributed by atoms with Gasteiger partial charge in [0, 0.05) is 17.3 Å². The van der Waals surface area contributed by atoms with Crippen LogP contribution in [0.1, 0.15) is 35.7 Å². The lowest BCUT2D eigenvalue weighted by atomic mass is 10.1. The molecule has 0 aliphatic heterocycles. The lowest BCUT2D eigenvalue weighted by molar-refractivity contribution is 0.0977. The van der Waals surface area contributed by atoms with Crippen LogP contribution in [0, 0.1) is 0 Å². The molecule has 1 heterocycles. The lowest BCUT2D eigenvalue weighted by Gasteiger charge is -2.11. The third-order valence-electron chi connectivity index (χ3n) is 5.47. The van der Waals surface area contributed by atoms with Gasteiger partial charge in [-0.2, -0.15) is 4.80 Å². The first-order valence-corrected chi connectivity index (χ1v) is 11.7. The number of hydrogen-bond donors (Lipinski definition) is 2. The Balaban J connectivity index is 1.44. The molecule has 180 valence electrons. The Morgan fingerprint density at radius 3 is 2.29 bits per heavy atom. The standard InChI is InChI=1S/C26H27N5O3S/c1-4-5-6-17-7-10-20(11-8-17)31-29-23-12-9-19(15-24(23)30-31)27-26(35)28-25(32)18-13-21(33-2)16-22(14-18)34-3/h7-16H,4-6H2,1-3H3,(H2,27,28,32,35). The summed E-state index contributed by atoms with van der Waals surface area (Å²) in [6.07, 6.45) is 3.42. The fourth-order valence-corrected chi connectivity index (χ4v) is 3.77. The Morgan fingerprint density at radius 1 is 0.943 bits per heavy atom. The Hall–Kier alpha value is -3.98. The summed E-state index contributed by atoms with van der Waals surface area (Å²) in [5, 5.41) is 15.0. The van der Waals surface area contributed by atoms with Crippen molar-refractivity contribution >= 4 is 40.0 Å².